The third kappa shape index (κ3) is 4.80. The summed E-state index contributed by atoms with van der Waals surface area (Å²) in [5, 5.41) is 3.17. The Morgan fingerprint density at radius 1 is 1.10 bits per heavy atom. The predicted molar refractivity (Wildman–Crippen MR) is 84.5 cm³/mol. The second-order valence-electron chi connectivity index (χ2n) is 4.96. The Kier molecular flexibility index (Phi) is 7.02. The SMILES string of the molecule is CCCNc1ccccc1S(=O)(=O)NCC(CC)CC. The minimum atomic E-state index is -3.45. The van der Waals surface area contributed by atoms with E-state index in [1.165, 1.54) is 0 Å². The molecule has 0 aliphatic carbocycles. The second kappa shape index (κ2) is 8.27. The number of rotatable bonds is 9. The van der Waals surface area contributed by atoms with Crippen LogP contribution in [0, 0.1) is 5.92 Å². The Balaban J connectivity index is 2.86. The van der Waals surface area contributed by atoms with E-state index in [-0.39, 0.29) is 0 Å². The van der Waals surface area contributed by atoms with Crippen molar-refractivity contribution in [2.45, 2.75) is 44.9 Å². The monoisotopic (exact) mass is 298 g/mol. The van der Waals surface area contributed by atoms with Gasteiger partial charge in [0.05, 0.1) is 5.69 Å². The standard InChI is InChI=1S/C15H26N2O2S/c1-4-11-16-14-9-7-8-10-15(14)20(18,19)17-12-13(5-2)6-3/h7-10,13,16-17H,4-6,11-12H2,1-3H3. The van der Waals surface area contributed by atoms with Crippen molar-refractivity contribution in [1.29, 1.82) is 0 Å². The molecule has 0 fully saturated rings. The molecule has 0 saturated heterocycles. The molecule has 4 nitrogen and oxygen atoms in total. The van der Waals surface area contributed by atoms with Gasteiger partial charge in [-0.3, -0.25) is 0 Å². The molecule has 0 unspecified atom stereocenters. The van der Waals surface area contributed by atoms with Gasteiger partial charge in [-0.15, -0.1) is 0 Å². The van der Waals surface area contributed by atoms with E-state index in [9.17, 15) is 8.42 Å². The van der Waals surface area contributed by atoms with Crippen LogP contribution in [-0.4, -0.2) is 21.5 Å². The maximum atomic E-state index is 12.4. The van der Waals surface area contributed by atoms with Crippen LogP contribution in [0.3, 0.4) is 0 Å². The molecule has 0 bridgehead atoms. The Morgan fingerprint density at radius 2 is 1.75 bits per heavy atom. The number of benzene rings is 1. The zero-order valence-electron chi connectivity index (χ0n) is 12.6. The average molecular weight is 298 g/mol. The molecule has 0 radical (unpaired) electrons. The van der Waals surface area contributed by atoms with E-state index in [1.807, 2.05) is 6.07 Å². The first-order valence-corrected chi connectivity index (χ1v) is 8.86. The van der Waals surface area contributed by atoms with E-state index < -0.39 is 10.0 Å². The Hall–Kier alpha value is -1.07. The largest absolute Gasteiger partial charge is 0.384 e. The Bertz CT molecular complexity index is 496. The summed E-state index contributed by atoms with van der Waals surface area (Å²) in [5.74, 6) is 0.389. The molecule has 2 N–H and O–H groups in total. The van der Waals surface area contributed by atoms with Crippen molar-refractivity contribution in [3.05, 3.63) is 24.3 Å². The minimum absolute atomic E-state index is 0.333. The van der Waals surface area contributed by atoms with Gasteiger partial charge in [0.2, 0.25) is 10.0 Å². The summed E-state index contributed by atoms with van der Waals surface area (Å²) >= 11 is 0. The van der Waals surface area contributed by atoms with Crippen LogP contribution in [0.5, 0.6) is 0 Å². The van der Waals surface area contributed by atoms with E-state index in [4.69, 9.17) is 0 Å². The van der Waals surface area contributed by atoms with Gasteiger partial charge in [0.25, 0.3) is 0 Å². The van der Waals surface area contributed by atoms with Gasteiger partial charge in [-0.2, -0.15) is 0 Å². The van der Waals surface area contributed by atoms with Crippen LogP contribution in [0.2, 0.25) is 0 Å². The van der Waals surface area contributed by atoms with Crippen LogP contribution < -0.4 is 10.0 Å². The van der Waals surface area contributed by atoms with Crippen molar-refractivity contribution < 1.29 is 8.42 Å². The molecule has 114 valence electrons. The summed E-state index contributed by atoms with van der Waals surface area (Å²) in [5.41, 5.74) is 0.673. The van der Waals surface area contributed by atoms with Gasteiger partial charge in [-0.05, 0) is 24.5 Å². The highest BCUT2D eigenvalue weighted by Gasteiger charge is 2.18. The number of sulfonamides is 1. The van der Waals surface area contributed by atoms with E-state index in [0.717, 1.165) is 25.8 Å². The third-order valence-electron chi connectivity index (χ3n) is 3.46. The lowest BCUT2D eigenvalue weighted by Gasteiger charge is -2.16. The fourth-order valence-electron chi connectivity index (χ4n) is 1.99. The van der Waals surface area contributed by atoms with Crippen molar-refractivity contribution in [1.82, 2.24) is 4.72 Å². The summed E-state index contributed by atoms with van der Waals surface area (Å²) in [6.45, 7) is 7.48. The molecular formula is C15H26N2O2S. The van der Waals surface area contributed by atoms with Crippen molar-refractivity contribution in [3.63, 3.8) is 0 Å². The molecule has 1 aromatic carbocycles. The van der Waals surface area contributed by atoms with Gasteiger partial charge in [0.1, 0.15) is 4.90 Å². The van der Waals surface area contributed by atoms with Crippen molar-refractivity contribution in [2.75, 3.05) is 18.4 Å². The van der Waals surface area contributed by atoms with Crippen molar-refractivity contribution in [2.24, 2.45) is 5.92 Å². The maximum Gasteiger partial charge on any atom is 0.242 e. The van der Waals surface area contributed by atoms with Gasteiger partial charge >= 0.3 is 0 Å². The Labute approximate surface area is 123 Å². The summed E-state index contributed by atoms with van der Waals surface area (Å²) in [4.78, 5) is 0.333. The summed E-state index contributed by atoms with van der Waals surface area (Å²) in [7, 11) is -3.45. The molecule has 0 spiro atoms. The molecule has 1 aromatic rings. The zero-order valence-corrected chi connectivity index (χ0v) is 13.5. The predicted octanol–water partition coefficient (Wildman–Crippen LogP) is 3.22. The van der Waals surface area contributed by atoms with E-state index in [1.54, 1.807) is 18.2 Å². The van der Waals surface area contributed by atoms with Gasteiger partial charge in [0, 0.05) is 13.1 Å². The molecule has 0 aliphatic heterocycles. The number of hydrogen-bond acceptors (Lipinski definition) is 3. The highest BCUT2D eigenvalue weighted by molar-refractivity contribution is 7.89. The summed E-state index contributed by atoms with van der Waals surface area (Å²) in [6.07, 6.45) is 2.92. The van der Waals surface area contributed by atoms with Crippen molar-refractivity contribution in [3.8, 4) is 0 Å². The highest BCUT2D eigenvalue weighted by Crippen LogP contribution is 2.21. The number of nitrogens with one attached hydrogen (secondary N) is 2. The quantitative estimate of drug-likeness (QED) is 0.736. The minimum Gasteiger partial charge on any atom is -0.384 e. The van der Waals surface area contributed by atoms with Gasteiger partial charge in [0.15, 0.2) is 0 Å². The molecule has 0 aliphatic rings. The smallest absolute Gasteiger partial charge is 0.242 e. The van der Waals surface area contributed by atoms with Crippen LogP contribution in [-0.2, 0) is 10.0 Å². The van der Waals surface area contributed by atoms with Crippen LogP contribution in [0.15, 0.2) is 29.2 Å². The highest BCUT2D eigenvalue weighted by atomic mass is 32.2. The van der Waals surface area contributed by atoms with Crippen molar-refractivity contribution >= 4 is 15.7 Å². The molecule has 0 heterocycles. The molecule has 1 rings (SSSR count). The lowest BCUT2D eigenvalue weighted by molar-refractivity contribution is 0.479. The van der Waals surface area contributed by atoms with E-state index in [0.29, 0.717) is 23.0 Å². The molecule has 20 heavy (non-hydrogen) atoms. The third-order valence-corrected chi connectivity index (χ3v) is 4.94. The van der Waals surface area contributed by atoms with Gasteiger partial charge in [-0.25, -0.2) is 13.1 Å². The topological polar surface area (TPSA) is 58.2 Å². The fraction of sp³-hybridized carbons (Fsp3) is 0.600. The molecule has 0 amide bonds. The van der Waals surface area contributed by atoms with Crippen LogP contribution in [0.1, 0.15) is 40.0 Å². The van der Waals surface area contributed by atoms with E-state index >= 15 is 0 Å². The Morgan fingerprint density at radius 3 is 2.35 bits per heavy atom. The first-order valence-electron chi connectivity index (χ1n) is 7.37. The summed E-state index contributed by atoms with van der Waals surface area (Å²) in [6, 6.07) is 7.05. The molecular weight excluding hydrogens is 272 g/mol. The molecule has 0 saturated carbocycles. The second-order valence-corrected chi connectivity index (χ2v) is 6.69. The number of anilines is 1. The molecule has 5 heteroatoms. The normalized spacial score (nSPS) is 11.8. The van der Waals surface area contributed by atoms with Gasteiger partial charge < -0.3 is 5.32 Å². The summed E-state index contributed by atoms with van der Waals surface area (Å²) < 4.78 is 27.5. The lowest BCUT2D eigenvalue weighted by atomic mass is 10.0. The van der Waals surface area contributed by atoms with E-state index in [2.05, 4.69) is 30.8 Å². The lowest BCUT2D eigenvalue weighted by Crippen LogP contribution is -2.29. The van der Waals surface area contributed by atoms with Crippen LogP contribution in [0.4, 0.5) is 5.69 Å². The first kappa shape index (κ1) is 17.0. The number of hydrogen-bond donors (Lipinski definition) is 2. The van der Waals surface area contributed by atoms with Crippen LogP contribution >= 0.6 is 0 Å². The molecule has 0 atom stereocenters. The van der Waals surface area contributed by atoms with Gasteiger partial charge in [-0.1, -0.05) is 45.7 Å². The van der Waals surface area contributed by atoms with Crippen LogP contribution in [0.25, 0.3) is 0 Å². The zero-order chi connectivity index (χ0) is 15.0. The number of para-hydroxylation sites is 1. The fourth-order valence-corrected chi connectivity index (χ4v) is 3.29. The molecule has 0 aromatic heterocycles. The first-order chi connectivity index (χ1) is 9.55. The maximum absolute atomic E-state index is 12.4. The average Bonchev–Trinajstić information content (AvgIpc) is 2.46.